The molecule has 0 aromatic rings. The van der Waals surface area contributed by atoms with Gasteiger partial charge in [0.15, 0.2) is 0 Å². The third-order valence-electron chi connectivity index (χ3n) is 3.31. The van der Waals surface area contributed by atoms with Crippen LogP contribution in [0.4, 0.5) is 4.39 Å². The van der Waals surface area contributed by atoms with E-state index in [-0.39, 0.29) is 42.1 Å². The summed E-state index contributed by atoms with van der Waals surface area (Å²) in [7, 11) is 0. The number of halogens is 1. The van der Waals surface area contributed by atoms with Crippen molar-refractivity contribution >= 4 is 29.6 Å². The molecule has 0 N–H and O–H groups in total. The van der Waals surface area contributed by atoms with Gasteiger partial charge in [0, 0.05) is 0 Å². The summed E-state index contributed by atoms with van der Waals surface area (Å²) in [6, 6.07) is 0. The first-order valence-electron chi connectivity index (χ1n) is 7.37. The van der Waals surface area contributed by atoms with Crippen LogP contribution in [0.25, 0.3) is 0 Å². The molecule has 0 heterocycles. The molecular weight excluding hydrogens is 222 g/mol. The molecule has 1 atom stereocenters. The predicted molar refractivity (Wildman–Crippen MR) is 78.7 cm³/mol. The van der Waals surface area contributed by atoms with Crippen LogP contribution in [0.2, 0.25) is 0 Å². The van der Waals surface area contributed by atoms with Crippen LogP contribution in [-0.2, 0) is 0 Å². The van der Waals surface area contributed by atoms with Gasteiger partial charge in [-0.1, -0.05) is 78.1 Å². The van der Waals surface area contributed by atoms with Crippen molar-refractivity contribution in [1.29, 1.82) is 0 Å². The Morgan fingerprint density at radius 3 is 1.59 bits per heavy atom. The van der Waals surface area contributed by atoms with Crippen LogP contribution in [0, 0.1) is 5.92 Å². The van der Waals surface area contributed by atoms with Gasteiger partial charge in [0.1, 0.15) is 0 Å². The molecule has 0 aliphatic rings. The molecule has 0 saturated heterocycles. The second kappa shape index (κ2) is 16.9. The van der Waals surface area contributed by atoms with Gasteiger partial charge in [-0.25, -0.2) is 0 Å². The Morgan fingerprint density at radius 2 is 1.18 bits per heavy atom. The number of alkyl halides is 1. The molecule has 0 aliphatic heterocycles. The average molecular weight is 254 g/mol. The summed E-state index contributed by atoms with van der Waals surface area (Å²) in [5.74, 6) is 0.286. The first kappa shape index (κ1) is 20.3. The summed E-state index contributed by atoms with van der Waals surface area (Å²) in [6.07, 6.45) is 14.8. The van der Waals surface area contributed by atoms with Crippen LogP contribution < -0.4 is 0 Å². The van der Waals surface area contributed by atoms with Crippen molar-refractivity contribution in [3.8, 4) is 0 Å². The number of unbranched alkanes of at least 4 members (excludes halogenated alkanes) is 9. The Balaban J connectivity index is 0. The Labute approximate surface area is 130 Å². The van der Waals surface area contributed by atoms with Crippen LogP contribution in [0.5, 0.6) is 0 Å². The fourth-order valence-corrected chi connectivity index (χ4v) is 2.06. The number of hydrogen-bond acceptors (Lipinski definition) is 0. The van der Waals surface area contributed by atoms with Gasteiger partial charge < -0.3 is 0 Å². The third kappa shape index (κ3) is 16.9. The molecule has 0 saturated carbocycles. The van der Waals surface area contributed by atoms with E-state index in [1.54, 1.807) is 0 Å². The zero-order valence-corrected chi connectivity index (χ0v) is 11.4. The summed E-state index contributed by atoms with van der Waals surface area (Å²) >= 11 is 0. The summed E-state index contributed by atoms with van der Waals surface area (Å²) < 4.78 is 12.2. The summed E-state index contributed by atoms with van der Waals surface area (Å²) in [4.78, 5) is 0. The van der Waals surface area contributed by atoms with Gasteiger partial charge in [0.05, 0.1) is 6.67 Å². The minimum atomic E-state index is -0.141. The Bertz CT molecular complexity index is 128. The summed E-state index contributed by atoms with van der Waals surface area (Å²) in [5, 5.41) is 0. The molecule has 0 spiro atoms. The standard InChI is InChI=1S/C15H31F.Na.H/c1-3-4-5-6-7-8-9-10-11-12-13-15(2)14-16;;/h15H,3-14H2,1-2H3;;. The maximum atomic E-state index is 12.2. The molecule has 0 nitrogen and oxygen atoms in total. The van der Waals surface area contributed by atoms with E-state index in [9.17, 15) is 4.39 Å². The second-order valence-electron chi connectivity index (χ2n) is 5.23. The van der Waals surface area contributed by atoms with E-state index in [1.807, 2.05) is 6.92 Å². The van der Waals surface area contributed by atoms with Gasteiger partial charge in [-0.05, 0) is 12.3 Å². The normalized spacial score (nSPS) is 12.2. The second-order valence-corrected chi connectivity index (χ2v) is 5.23. The van der Waals surface area contributed by atoms with Crippen molar-refractivity contribution in [2.24, 2.45) is 5.92 Å². The van der Waals surface area contributed by atoms with Crippen molar-refractivity contribution in [2.75, 3.05) is 6.67 Å². The third-order valence-corrected chi connectivity index (χ3v) is 3.31. The quantitative estimate of drug-likeness (QED) is 0.329. The molecule has 0 aliphatic carbocycles. The van der Waals surface area contributed by atoms with E-state index in [4.69, 9.17) is 0 Å². The van der Waals surface area contributed by atoms with Crippen molar-refractivity contribution in [3.63, 3.8) is 0 Å². The van der Waals surface area contributed by atoms with Crippen molar-refractivity contribution < 1.29 is 4.39 Å². The molecule has 0 bridgehead atoms. The molecule has 1 unspecified atom stereocenters. The predicted octanol–water partition coefficient (Wildman–Crippen LogP) is 5.25. The van der Waals surface area contributed by atoms with Crippen molar-refractivity contribution in [3.05, 3.63) is 0 Å². The van der Waals surface area contributed by atoms with Gasteiger partial charge in [0.2, 0.25) is 0 Å². The Kier molecular flexibility index (Phi) is 20.2. The number of hydrogen-bond donors (Lipinski definition) is 0. The first-order valence-corrected chi connectivity index (χ1v) is 7.37. The fraction of sp³-hybridized carbons (Fsp3) is 1.00. The van der Waals surface area contributed by atoms with E-state index >= 15 is 0 Å². The molecule has 0 rings (SSSR count). The van der Waals surface area contributed by atoms with Crippen LogP contribution in [0.3, 0.4) is 0 Å². The minimum absolute atomic E-state index is 0. The Morgan fingerprint density at radius 1 is 0.765 bits per heavy atom. The van der Waals surface area contributed by atoms with E-state index in [0.717, 1.165) is 6.42 Å². The molecule has 100 valence electrons. The van der Waals surface area contributed by atoms with Crippen molar-refractivity contribution in [1.82, 2.24) is 0 Å². The molecule has 0 aromatic heterocycles. The maximum absolute atomic E-state index is 12.2. The molecular formula is C15H32FNa. The van der Waals surface area contributed by atoms with E-state index in [2.05, 4.69) is 6.92 Å². The van der Waals surface area contributed by atoms with Gasteiger partial charge in [-0.2, -0.15) is 0 Å². The summed E-state index contributed by atoms with van der Waals surface area (Å²) in [5.41, 5.74) is 0. The molecule has 0 fully saturated rings. The molecule has 17 heavy (non-hydrogen) atoms. The SMILES string of the molecule is CCCCCCCCCCCCC(C)CF.[NaH]. The van der Waals surface area contributed by atoms with Gasteiger partial charge in [0.25, 0.3) is 0 Å². The van der Waals surface area contributed by atoms with Crippen LogP contribution in [0.1, 0.15) is 84.5 Å². The zero-order valence-electron chi connectivity index (χ0n) is 11.4. The van der Waals surface area contributed by atoms with Crippen molar-refractivity contribution in [2.45, 2.75) is 84.5 Å². The van der Waals surface area contributed by atoms with Gasteiger partial charge in [-0.15, -0.1) is 0 Å². The first-order chi connectivity index (χ1) is 7.81. The topological polar surface area (TPSA) is 0 Å². The van der Waals surface area contributed by atoms with E-state index in [0.29, 0.717) is 0 Å². The number of rotatable bonds is 12. The molecule has 0 aromatic carbocycles. The van der Waals surface area contributed by atoms with Crippen LogP contribution >= 0.6 is 0 Å². The Hall–Kier alpha value is 0.930. The fourth-order valence-electron chi connectivity index (χ4n) is 2.06. The zero-order chi connectivity index (χ0) is 12.1. The molecule has 0 radical (unpaired) electrons. The van der Waals surface area contributed by atoms with Gasteiger partial charge in [-0.3, -0.25) is 4.39 Å². The molecule has 0 amide bonds. The summed E-state index contributed by atoms with van der Waals surface area (Å²) in [6.45, 7) is 4.13. The monoisotopic (exact) mass is 254 g/mol. The van der Waals surface area contributed by atoms with Crippen LogP contribution in [0.15, 0.2) is 0 Å². The van der Waals surface area contributed by atoms with Crippen LogP contribution in [-0.4, -0.2) is 36.2 Å². The van der Waals surface area contributed by atoms with E-state index in [1.165, 1.54) is 64.2 Å². The molecule has 2 heteroatoms. The van der Waals surface area contributed by atoms with E-state index < -0.39 is 0 Å². The average Bonchev–Trinajstić information content (AvgIpc) is 2.31. The van der Waals surface area contributed by atoms with Gasteiger partial charge >= 0.3 is 29.6 Å².